The molecule has 9 heteroatoms. The summed E-state index contributed by atoms with van der Waals surface area (Å²) in [5.74, 6) is 4.82. The van der Waals surface area contributed by atoms with Crippen LogP contribution in [0, 0.1) is 41.5 Å². The van der Waals surface area contributed by atoms with Gasteiger partial charge >= 0.3 is 0 Å². The molecule has 0 N–H and O–H groups in total. The van der Waals surface area contributed by atoms with Crippen molar-refractivity contribution < 1.29 is 33.2 Å². The summed E-state index contributed by atoms with van der Waals surface area (Å²) in [7, 11) is 10.6. The minimum atomic E-state index is 0.628. The Morgan fingerprint density at radius 2 is 0.522 bits per heavy atom. The van der Waals surface area contributed by atoms with Crippen LogP contribution in [0.25, 0.3) is 44.5 Å². The van der Waals surface area contributed by atoms with E-state index in [1.54, 1.807) is 42.7 Å². The van der Waals surface area contributed by atoms with Crippen molar-refractivity contribution in [3.63, 3.8) is 0 Å². The van der Waals surface area contributed by atoms with E-state index in [1.165, 1.54) is 0 Å². The second-order valence-corrected chi connectivity index (χ2v) is 18.5. The van der Waals surface area contributed by atoms with Crippen LogP contribution in [0.1, 0.15) is 68.5 Å². The van der Waals surface area contributed by atoms with Crippen LogP contribution >= 0.6 is 0 Å². The zero-order valence-corrected chi connectivity index (χ0v) is 41.8. The standard InChI is InChI=1S/C58H68N2O7/c1-35-19-41-31-59-15-13-17-67-18-14-16-60(33-43-21-37(3)24-46(55(43)63-9)50-28-39(5)27-49(57(50)65-11)45(23-35)53(41)61-7)34-44-22-38(4)26-48(56(44)64-10)52-30-40(6)29-51(58(52)66-12)47-25-36(2)20-42(32-59)54(47)62-8/h19-30H,13-18,31-34H2,1-12H3. The van der Waals surface area contributed by atoms with Crippen LogP contribution in [0.2, 0.25) is 0 Å². The average Bonchev–Trinajstić information content (AvgIpc) is 3.29. The number of benzene rings is 6. The minimum absolute atomic E-state index is 0.628. The number of methoxy groups -OCH3 is 6. The van der Waals surface area contributed by atoms with E-state index in [-0.39, 0.29) is 0 Å². The van der Waals surface area contributed by atoms with Gasteiger partial charge in [-0.25, -0.2) is 0 Å². The molecule has 2 aliphatic rings. The van der Waals surface area contributed by atoms with E-state index in [4.69, 9.17) is 33.2 Å². The maximum absolute atomic E-state index is 6.49. The zero-order chi connectivity index (χ0) is 47.5. The first-order valence-electron chi connectivity index (χ1n) is 23.5. The molecule has 0 aliphatic carbocycles. The average molecular weight is 905 g/mol. The third kappa shape index (κ3) is 9.73. The predicted molar refractivity (Wildman–Crippen MR) is 271 cm³/mol. The van der Waals surface area contributed by atoms with Crippen molar-refractivity contribution in [1.29, 1.82) is 0 Å². The molecule has 0 saturated heterocycles. The molecular formula is C58H68N2O7. The minimum Gasteiger partial charge on any atom is -0.496 e. The molecule has 0 unspecified atom stereocenters. The highest BCUT2D eigenvalue weighted by Crippen LogP contribution is 2.50. The molecule has 0 fully saturated rings. The highest BCUT2D eigenvalue weighted by molar-refractivity contribution is 5.90. The Balaban J connectivity index is 1.47. The summed E-state index contributed by atoms with van der Waals surface area (Å²) in [6, 6.07) is 26.8. The van der Waals surface area contributed by atoms with Gasteiger partial charge in [0.2, 0.25) is 0 Å². The first-order chi connectivity index (χ1) is 32.4. The normalized spacial score (nSPS) is 16.3. The van der Waals surface area contributed by atoms with Gasteiger partial charge in [0.25, 0.3) is 0 Å². The van der Waals surface area contributed by atoms with Crippen molar-refractivity contribution in [3.8, 4) is 79.0 Å². The van der Waals surface area contributed by atoms with Gasteiger partial charge in [-0.1, -0.05) is 24.3 Å². The summed E-state index contributed by atoms with van der Waals surface area (Å²) < 4.78 is 45.3. The number of fused-ring (bicyclic) bond motifs is 24. The van der Waals surface area contributed by atoms with Crippen molar-refractivity contribution >= 4 is 0 Å². The summed E-state index contributed by atoms with van der Waals surface area (Å²) in [5, 5.41) is 0. The van der Waals surface area contributed by atoms with Gasteiger partial charge in [0.1, 0.15) is 34.5 Å². The molecule has 14 bridgehead atoms. The fraction of sp³-hybridized carbons (Fsp3) is 0.379. The van der Waals surface area contributed by atoms with Crippen LogP contribution in [-0.4, -0.2) is 78.8 Å². The van der Waals surface area contributed by atoms with Gasteiger partial charge in [-0.2, -0.15) is 0 Å². The second-order valence-electron chi connectivity index (χ2n) is 18.5. The number of ether oxygens (including phenoxy) is 7. The molecule has 352 valence electrons. The summed E-state index contributed by atoms with van der Waals surface area (Å²) in [5.41, 5.74) is 18.9. The lowest BCUT2D eigenvalue weighted by atomic mass is 9.90. The third-order valence-corrected chi connectivity index (χ3v) is 13.2. The Morgan fingerprint density at radius 3 is 0.746 bits per heavy atom. The van der Waals surface area contributed by atoms with E-state index < -0.39 is 0 Å². The highest BCUT2D eigenvalue weighted by Gasteiger charge is 2.28. The van der Waals surface area contributed by atoms with Gasteiger partial charge in [-0.15, -0.1) is 0 Å². The maximum atomic E-state index is 6.49. The van der Waals surface area contributed by atoms with E-state index in [0.29, 0.717) is 39.4 Å². The first kappa shape index (κ1) is 47.5. The van der Waals surface area contributed by atoms with E-state index in [1.807, 2.05) is 0 Å². The number of aryl methyl sites for hydroxylation is 6. The summed E-state index contributed by atoms with van der Waals surface area (Å²) in [6.07, 6.45) is 1.70. The molecule has 6 aromatic carbocycles. The number of hydrogen-bond acceptors (Lipinski definition) is 9. The molecule has 0 spiro atoms. The van der Waals surface area contributed by atoms with Crippen molar-refractivity contribution in [2.24, 2.45) is 0 Å². The van der Waals surface area contributed by atoms with Crippen LogP contribution in [0.3, 0.4) is 0 Å². The molecule has 9 nitrogen and oxygen atoms in total. The zero-order valence-electron chi connectivity index (χ0n) is 41.8. The topological polar surface area (TPSA) is 71.1 Å². The molecular weight excluding hydrogens is 837 g/mol. The van der Waals surface area contributed by atoms with Gasteiger partial charge in [-0.05, 0) is 136 Å². The quantitative estimate of drug-likeness (QED) is 0.162. The van der Waals surface area contributed by atoms with E-state index in [9.17, 15) is 0 Å². The largest absolute Gasteiger partial charge is 0.496 e. The molecule has 6 aromatic rings. The van der Waals surface area contributed by atoms with Crippen molar-refractivity contribution in [3.05, 3.63) is 128 Å². The predicted octanol–water partition coefficient (Wildman–Crippen LogP) is 12.4. The highest BCUT2D eigenvalue weighted by atomic mass is 16.5. The van der Waals surface area contributed by atoms with Gasteiger partial charge in [0, 0.05) is 119 Å². The van der Waals surface area contributed by atoms with Crippen LogP contribution in [0.4, 0.5) is 0 Å². The Labute approximate surface area is 398 Å². The lowest BCUT2D eigenvalue weighted by Crippen LogP contribution is -2.27. The van der Waals surface area contributed by atoms with E-state index in [2.05, 4.69) is 124 Å². The summed E-state index contributed by atoms with van der Waals surface area (Å²) >= 11 is 0. The molecule has 67 heavy (non-hydrogen) atoms. The number of nitrogens with zero attached hydrogens (tertiary/aromatic N) is 2. The summed E-state index contributed by atoms with van der Waals surface area (Å²) in [4.78, 5) is 5.00. The van der Waals surface area contributed by atoms with Gasteiger partial charge in [0.05, 0.1) is 42.7 Å². The maximum Gasteiger partial charge on any atom is 0.134 e. The molecule has 2 aliphatic heterocycles. The molecule has 2 heterocycles. The first-order valence-corrected chi connectivity index (χ1v) is 23.5. The van der Waals surface area contributed by atoms with Crippen LogP contribution in [0.5, 0.6) is 34.5 Å². The second kappa shape index (κ2) is 20.5. The monoisotopic (exact) mass is 905 g/mol. The van der Waals surface area contributed by atoms with Crippen LogP contribution in [-0.2, 0) is 30.9 Å². The van der Waals surface area contributed by atoms with Gasteiger partial charge in [0.15, 0.2) is 0 Å². The molecule has 0 saturated carbocycles. The Bertz CT molecular complexity index is 2440. The molecule has 8 rings (SSSR count). The van der Waals surface area contributed by atoms with Gasteiger partial charge in [-0.3, -0.25) is 9.80 Å². The van der Waals surface area contributed by atoms with Crippen molar-refractivity contribution in [2.75, 3.05) is 69.0 Å². The Morgan fingerprint density at radius 1 is 0.313 bits per heavy atom. The number of hydrogen-bond donors (Lipinski definition) is 0. The van der Waals surface area contributed by atoms with Crippen LogP contribution in [0.15, 0.2) is 72.8 Å². The molecule has 0 amide bonds. The summed E-state index contributed by atoms with van der Waals surface area (Å²) in [6.45, 7) is 18.3. The molecule has 0 atom stereocenters. The molecule has 0 radical (unpaired) electrons. The smallest absolute Gasteiger partial charge is 0.134 e. The fourth-order valence-corrected chi connectivity index (χ4v) is 10.7. The van der Waals surface area contributed by atoms with E-state index >= 15 is 0 Å². The molecule has 0 aromatic heterocycles. The SMILES string of the molecule is COc1c2cc(C)cc1-c1cc(C)cc(c1OC)-c1cc(C)cc(c1OC)CN1CCCOCCCN(C2)Cc2cc(C)cc(c2OC)-c2cc(C)cc(c2OC)-c2cc(C)cc(c2OC)C1. The lowest BCUT2D eigenvalue weighted by Gasteiger charge is -2.28. The number of rotatable bonds is 6. The van der Waals surface area contributed by atoms with Crippen molar-refractivity contribution in [2.45, 2.75) is 80.6 Å². The van der Waals surface area contributed by atoms with Crippen molar-refractivity contribution in [1.82, 2.24) is 9.80 Å². The van der Waals surface area contributed by atoms with Gasteiger partial charge < -0.3 is 33.2 Å². The van der Waals surface area contributed by atoms with Crippen LogP contribution < -0.4 is 28.4 Å². The Kier molecular flexibility index (Phi) is 14.5. The lowest BCUT2D eigenvalue weighted by molar-refractivity contribution is 0.105. The third-order valence-electron chi connectivity index (χ3n) is 13.2. The Hall–Kier alpha value is -6.00. The van der Waals surface area contributed by atoms with E-state index in [0.717, 1.165) is 161 Å². The fourth-order valence-electron chi connectivity index (χ4n) is 10.7.